The van der Waals surface area contributed by atoms with E-state index in [2.05, 4.69) is 4.90 Å². The van der Waals surface area contributed by atoms with E-state index in [1.54, 1.807) is 23.5 Å². The van der Waals surface area contributed by atoms with Crippen LogP contribution in [-0.4, -0.2) is 29.1 Å². The van der Waals surface area contributed by atoms with Crippen LogP contribution in [0.1, 0.15) is 29.3 Å². The van der Waals surface area contributed by atoms with Gasteiger partial charge in [0.05, 0.1) is 12.0 Å². The molecule has 3 nitrogen and oxygen atoms in total. The van der Waals surface area contributed by atoms with E-state index in [1.165, 1.54) is 6.07 Å². The van der Waals surface area contributed by atoms with E-state index in [1.807, 2.05) is 23.6 Å². The number of benzene rings is 1. The quantitative estimate of drug-likeness (QED) is 0.932. The van der Waals surface area contributed by atoms with Gasteiger partial charge in [0, 0.05) is 11.4 Å². The molecular weight excluding hydrogens is 301 g/mol. The molecule has 1 saturated heterocycles. The van der Waals surface area contributed by atoms with Crippen LogP contribution in [-0.2, 0) is 4.79 Å². The van der Waals surface area contributed by atoms with E-state index < -0.39 is 5.97 Å². The van der Waals surface area contributed by atoms with Crippen molar-refractivity contribution in [2.24, 2.45) is 5.92 Å². The molecule has 2 heterocycles. The summed E-state index contributed by atoms with van der Waals surface area (Å²) in [5.74, 6) is -1.34. The average Bonchev–Trinajstić information content (AvgIpc) is 3.02. The first kappa shape index (κ1) is 15.2. The second kappa shape index (κ2) is 6.58. The molecule has 0 aliphatic carbocycles. The second-order valence-corrected chi connectivity index (χ2v) is 6.62. The summed E-state index contributed by atoms with van der Waals surface area (Å²) >= 11 is 1.62. The Morgan fingerprint density at radius 3 is 2.91 bits per heavy atom. The van der Waals surface area contributed by atoms with E-state index >= 15 is 0 Å². The van der Waals surface area contributed by atoms with E-state index in [0.717, 1.165) is 23.4 Å². The molecule has 1 aromatic heterocycles. The van der Waals surface area contributed by atoms with Gasteiger partial charge in [0.25, 0.3) is 0 Å². The number of piperidine rings is 1. The highest BCUT2D eigenvalue weighted by atomic mass is 32.1. The zero-order chi connectivity index (χ0) is 15.5. The summed E-state index contributed by atoms with van der Waals surface area (Å²) in [4.78, 5) is 14.6. The van der Waals surface area contributed by atoms with Crippen molar-refractivity contribution in [2.75, 3.05) is 13.1 Å². The predicted octanol–water partition coefficient (Wildman–Crippen LogP) is 3.77. The molecule has 22 heavy (non-hydrogen) atoms. The van der Waals surface area contributed by atoms with Crippen molar-refractivity contribution in [1.29, 1.82) is 0 Å². The summed E-state index contributed by atoms with van der Waals surface area (Å²) in [6.45, 7) is 1.34. The van der Waals surface area contributed by atoms with Gasteiger partial charge in [0.15, 0.2) is 0 Å². The molecule has 116 valence electrons. The lowest BCUT2D eigenvalue weighted by atomic mass is 9.94. The molecule has 1 aliphatic rings. The third-order valence-electron chi connectivity index (χ3n) is 4.14. The third-order valence-corrected chi connectivity index (χ3v) is 5.07. The minimum atomic E-state index is -0.742. The van der Waals surface area contributed by atoms with E-state index in [0.29, 0.717) is 13.0 Å². The smallest absolute Gasteiger partial charge is 0.307 e. The van der Waals surface area contributed by atoms with Crippen molar-refractivity contribution in [2.45, 2.75) is 18.9 Å². The molecule has 1 fully saturated rings. The zero-order valence-corrected chi connectivity index (χ0v) is 12.9. The molecule has 2 unspecified atom stereocenters. The van der Waals surface area contributed by atoms with Gasteiger partial charge < -0.3 is 5.11 Å². The van der Waals surface area contributed by atoms with Crippen molar-refractivity contribution in [3.05, 3.63) is 58.0 Å². The lowest BCUT2D eigenvalue weighted by molar-refractivity contribution is -0.143. The van der Waals surface area contributed by atoms with Gasteiger partial charge in [-0.15, -0.1) is 11.3 Å². The van der Waals surface area contributed by atoms with Gasteiger partial charge in [0.1, 0.15) is 5.82 Å². The molecule has 1 N–H and O–H groups in total. The number of thiophene rings is 1. The van der Waals surface area contributed by atoms with Gasteiger partial charge in [-0.25, -0.2) is 4.39 Å². The van der Waals surface area contributed by atoms with Gasteiger partial charge in [0.2, 0.25) is 0 Å². The Bertz CT molecular complexity index is 644. The minimum Gasteiger partial charge on any atom is -0.481 e. The molecule has 0 amide bonds. The molecule has 1 aromatic carbocycles. The van der Waals surface area contributed by atoms with E-state index in [4.69, 9.17) is 0 Å². The number of carboxylic acid groups (broad SMARTS) is 1. The van der Waals surface area contributed by atoms with Crippen molar-refractivity contribution < 1.29 is 14.3 Å². The lowest BCUT2D eigenvalue weighted by Crippen LogP contribution is -2.41. The molecule has 3 rings (SSSR count). The fraction of sp³-hybridized carbons (Fsp3) is 0.353. The van der Waals surface area contributed by atoms with Gasteiger partial charge in [-0.2, -0.15) is 0 Å². The summed E-state index contributed by atoms with van der Waals surface area (Å²) in [5, 5.41) is 11.3. The second-order valence-electron chi connectivity index (χ2n) is 5.65. The van der Waals surface area contributed by atoms with Gasteiger partial charge in [-0.05, 0) is 48.5 Å². The Kier molecular flexibility index (Phi) is 4.55. The molecule has 0 radical (unpaired) electrons. The van der Waals surface area contributed by atoms with Crippen LogP contribution in [0, 0.1) is 11.7 Å². The molecule has 5 heteroatoms. The normalized spacial score (nSPS) is 20.7. The van der Waals surface area contributed by atoms with Gasteiger partial charge >= 0.3 is 5.97 Å². The topological polar surface area (TPSA) is 40.5 Å². The number of halogens is 1. The van der Waals surface area contributed by atoms with E-state index in [9.17, 15) is 14.3 Å². The molecule has 0 bridgehead atoms. The lowest BCUT2D eigenvalue weighted by Gasteiger charge is -2.37. The summed E-state index contributed by atoms with van der Waals surface area (Å²) in [7, 11) is 0. The van der Waals surface area contributed by atoms with Crippen molar-refractivity contribution in [3.8, 4) is 0 Å². The fourth-order valence-corrected chi connectivity index (χ4v) is 4.01. The number of carboxylic acids is 1. The molecule has 2 aromatic rings. The zero-order valence-electron chi connectivity index (χ0n) is 12.1. The van der Waals surface area contributed by atoms with Crippen LogP contribution in [0.25, 0.3) is 0 Å². The van der Waals surface area contributed by atoms with Crippen LogP contribution in [0.3, 0.4) is 0 Å². The maximum atomic E-state index is 13.6. The first-order valence-corrected chi connectivity index (χ1v) is 8.29. The average molecular weight is 319 g/mol. The maximum absolute atomic E-state index is 13.6. The maximum Gasteiger partial charge on any atom is 0.307 e. The van der Waals surface area contributed by atoms with Crippen molar-refractivity contribution >= 4 is 17.3 Å². The fourth-order valence-electron chi connectivity index (χ4n) is 3.12. The van der Waals surface area contributed by atoms with Crippen LogP contribution in [0.4, 0.5) is 4.39 Å². The first-order valence-electron chi connectivity index (χ1n) is 7.41. The standard InChI is InChI=1S/C17H18FNO2S/c18-14-6-1-4-12(10-14)16(15-7-3-9-22-15)19-8-2-5-13(11-19)17(20)21/h1,3-4,6-7,9-10,13,16H,2,5,8,11H2,(H,20,21). The van der Waals surface area contributed by atoms with Crippen molar-refractivity contribution in [3.63, 3.8) is 0 Å². The number of likely N-dealkylation sites (tertiary alicyclic amines) is 1. The van der Waals surface area contributed by atoms with Crippen LogP contribution in [0.2, 0.25) is 0 Å². The number of rotatable bonds is 4. The highest BCUT2D eigenvalue weighted by Gasteiger charge is 2.31. The third kappa shape index (κ3) is 3.20. The largest absolute Gasteiger partial charge is 0.481 e. The molecule has 1 aliphatic heterocycles. The minimum absolute atomic E-state index is 0.0714. The highest BCUT2D eigenvalue weighted by molar-refractivity contribution is 7.10. The van der Waals surface area contributed by atoms with Gasteiger partial charge in [-0.3, -0.25) is 9.69 Å². The molecule has 0 saturated carbocycles. The Morgan fingerprint density at radius 1 is 1.36 bits per heavy atom. The monoisotopic (exact) mass is 319 g/mol. The van der Waals surface area contributed by atoms with Gasteiger partial charge in [-0.1, -0.05) is 18.2 Å². The Morgan fingerprint density at radius 2 is 2.23 bits per heavy atom. The highest BCUT2D eigenvalue weighted by Crippen LogP contribution is 2.35. The summed E-state index contributed by atoms with van der Waals surface area (Å²) in [6, 6.07) is 10.6. The van der Waals surface area contributed by atoms with Crippen LogP contribution >= 0.6 is 11.3 Å². The number of hydrogen-bond donors (Lipinski definition) is 1. The first-order chi connectivity index (χ1) is 10.6. The number of aliphatic carboxylic acids is 1. The number of nitrogens with zero attached hydrogens (tertiary/aromatic N) is 1. The van der Waals surface area contributed by atoms with E-state index in [-0.39, 0.29) is 17.8 Å². The number of carbonyl (C=O) groups is 1. The SMILES string of the molecule is O=C(O)C1CCCN(C(c2cccc(F)c2)c2cccs2)C1. The number of hydrogen-bond acceptors (Lipinski definition) is 3. The summed E-state index contributed by atoms with van der Waals surface area (Å²) in [6.07, 6.45) is 1.57. The predicted molar refractivity (Wildman–Crippen MR) is 84.5 cm³/mol. The summed E-state index contributed by atoms with van der Waals surface area (Å²) in [5.41, 5.74) is 0.883. The van der Waals surface area contributed by atoms with Crippen molar-refractivity contribution in [1.82, 2.24) is 4.90 Å². The molecular formula is C17H18FNO2S. The Balaban J connectivity index is 1.94. The molecule has 0 spiro atoms. The van der Waals surface area contributed by atoms with Crippen LogP contribution < -0.4 is 0 Å². The molecule has 2 atom stereocenters. The Hall–Kier alpha value is -1.72. The summed E-state index contributed by atoms with van der Waals surface area (Å²) < 4.78 is 13.6. The van der Waals surface area contributed by atoms with Crippen LogP contribution in [0.5, 0.6) is 0 Å². The Labute approximate surface area is 133 Å². The van der Waals surface area contributed by atoms with Crippen LogP contribution in [0.15, 0.2) is 41.8 Å².